The van der Waals surface area contributed by atoms with Crippen molar-refractivity contribution in [1.29, 1.82) is 0 Å². The van der Waals surface area contributed by atoms with Gasteiger partial charge >= 0.3 is 39.5 Å². The molecule has 3 unspecified atom stereocenters. The van der Waals surface area contributed by atoms with Crippen molar-refractivity contribution in [3.63, 3.8) is 0 Å². The molecule has 0 aliphatic heterocycles. The van der Waals surface area contributed by atoms with Gasteiger partial charge in [-0.25, -0.2) is 9.13 Å². The molecule has 0 aliphatic rings. The third kappa shape index (κ3) is 71.1. The largest absolute Gasteiger partial charge is 0.472 e. The van der Waals surface area contributed by atoms with Crippen molar-refractivity contribution in [1.82, 2.24) is 0 Å². The molecule has 98 heavy (non-hydrogen) atoms. The fourth-order valence-corrected chi connectivity index (χ4v) is 13.6. The molecule has 0 radical (unpaired) electrons. The summed E-state index contributed by atoms with van der Waals surface area (Å²) in [7, 11) is -9.92. The molecular weight excluding hydrogens is 1280 g/mol. The van der Waals surface area contributed by atoms with Crippen LogP contribution in [0.3, 0.4) is 0 Å². The minimum absolute atomic E-state index is 0.105. The van der Waals surface area contributed by atoms with Gasteiger partial charge in [0.2, 0.25) is 0 Å². The molecular formula is C79H154O17P2. The van der Waals surface area contributed by atoms with Crippen LogP contribution in [0.5, 0.6) is 0 Å². The van der Waals surface area contributed by atoms with E-state index in [2.05, 4.69) is 55.4 Å². The first-order valence-corrected chi connectivity index (χ1v) is 43.7. The van der Waals surface area contributed by atoms with E-state index >= 15 is 0 Å². The zero-order chi connectivity index (χ0) is 72.4. The summed E-state index contributed by atoms with van der Waals surface area (Å²) in [6.07, 6.45) is 54.1. The third-order valence-electron chi connectivity index (χ3n) is 18.7. The van der Waals surface area contributed by atoms with Gasteiger partial charge in [0, 0.05) is 25.7 Å². The van der Waals surface area contributed by atoms with E-state index in [-0.39, 0.29) is 25.7 Å². The Balaban J connectivity index is 5.25. The molecule has 3 N–H and O–H groups in total. The van der Waals surface area contributed by atoms with Crippen LogP contribution in [0.4, 0.5) is 0 Å². The predicted octanol–water partition coefficient (Wildman–Crippen LogP) is 23.2. The maximum absolute atomic E-state index is 13.1. The minimum atomic E-state index is -4.96. The average Bonchev–Trinajstić information content (AvgIpc) is 1.52. The Morgan fingerprint density at radius 3 is 0.724 bits per heavy atom. The van der Waals surface area contributed by atoms with Crippen molar-refractivity contribution in [3.05, 3.63) is 0 Å². The minimum Gasteiger partial charge on any atom is -0.462 e. The summed E-state index contributed by atoms with van der Waals surface area (Å²) in [4.78, 5) is 72.9. The molecule has 17 nitrogen and oxygen atoms in total. The molecule has 0 amide bonds. The number of unbranched alkanes of at least 4 members (excludes halogenated alkanes) is 41. The summed E-state index contributed by atoms with van der Waals surface area (Å²) >= 11 is 0. The molecule has 0 bridgehead atoms. The summed E-state index contributed by atoms with van der Waals surface area (Å²) in [5.41, 5.74) is 0. The molecule has 0 aromatic heterocycles. The monoisotopic (exact) mass is 1440 g/mol. The van der Waals surface area contributed by atoms with Crippen LogP contribution in [-0.4, -0.2) is 96.7 Å². The first-order chi connectivity index (χ1) is 47.1. The molecule has 0 heterocycles. The summed E-state index contributed by atoms with van der Waals surface area (Å²) in [6, 6.07) is 0. The number of rotatable bonds is 76. The normalized spacial score (nSPS) is 14.3. The van der Waals surface area contributed by atoms with Gasteiger partial charge in [0.05, 0.1) is 26.4 Å². The van der Waals surface area contributed by atoms with E-state index in [1.807, 2.05) is 0 Å². The maximum atomic E-state index is 13.1. The van der Waals surface area contributed by atoms with E-state index in [0.29, 0.717) is 25.7 Å². The van der Waals surface area contributed by atoms with E-state index in [0.717, 1.165) is 120 Å². The van der Waals surface area contributed by atoms with Gasteiger partial charge < -0.3 is 33.8 Å². The zero-order valence-corrected chi connectivity index (χ0v) is 66.2. The fourth-order valence-electron chi connectivity index (χ4n) is 12.0. The molecule has 0 fully saturated rings. The van der Waals surface area contributed by atoms with Gasteiger partial charge in [0.25, 0.3) is 0 Å². The summed E-state index contributed by atoms with van der Waals surface area (Å²) in [5, 5.41) is 10.6. The standard InChI is InChI=1S/C79H154O17P2/c1-9-72(8)58-50-42-37-38-44-52-60-77(82)90-66-75(96-79(84)62-54-46-36-30-24-23-27-33-41-49-57-71(6)7)68-94-98(87,88)92-64-73(80)63-91-97(85,86)93-67-74(65-89-76(81)59-51-43-34-28-21-18-14-16-20-26-32-40-48-56-70(4)5)95-78(83)61-53-45-35-29-22-17-13-11-10-12-15-19-25-31-39-47-55-69(2)3/h69-75,80H,9-68H2,1-8H3,(H,85,86)(H,87,88)/t72?,73-,74-,75-/m1/s1. The van der Waals surface area contributed by atoms with Crippen LogP contribution in [0.2, 0.25) is 0 Å². The van der Waals surface area contributed by atoms with Gasteiger partial charge in [0.1, 0.15) is 19.3 Å². The van der Waals surface area contributed by atoms with E-state index in [4.69, 9.17) is 37.0 Å². The smallest absolute Gasteiger partial charge is 0.462 e. The summed E-state index contributed by atoms with van der Waals surface area (Å²) in [6.45, 7) is 14.2. The van der Waals surface area contributed by atoms with Crippen LogP contribution in [0, 0.1) is 23.7 Å². The number of esters is 4. The van der Waals surface area contributed by atoms with E-state index < -0.39 is 97.5 Å². The number of aliphatic hydroxyl groups is 1. The predicted molar refractivity (Wildman–Crippen MR) is 400 cm³/mol. The van der Waals surface area contributed by atoms with Crippen LogP contribution < -0.4 is 0 Å². The molecule has 6 atom stereocenters. The number of phosphoric acid groups is 2. The number of aliphatic hydroxyl groups excluding tert-OH is 1. The van der Waals surface area contributed by atoms with Crippen molar-refractivity contribution in [2.75, 3.05) is 39.6 Å². The highest BCUT2D eigenvalue weighted by atomic mass is 31.2. The lowest BCUT2D eigenvalue weighted by atomic mass is 10.00. The molecule has 582 valence electrons. The molecule has 0 rings (SSSR count). The highest BCUT2D eigenvalue weighted by Crippen LogP contribution is 2.45. The van der Waals surface area contributed by atoms with Gasteiger partial charge in [-0.05, 0) is 49.4 Å². The van der Waals surface area contributed by atoms with Crippen LogP contribution in [0.1, 0.15) is 402 Å². The van der Waals surface area contributed by atoms with Gasteiger partial charge in [0.15, 0.2) is 12.2 Å². The number of ether oxygens (including phenoxy) is 4. The zero-order valence-electron chi connectivity index (χ0n) is 64.4. The lowest BCUT2D eigenvalue weighted by Gasteiger charge is -2.21. The van der Waals surface area contributed by atoms with E-state index in [9.17, 15) is 43.2 Å². The highest BCUT2D eigenvalue weighted by Gasteiger charge is 2.30. The quantitative estimate of drug-likeness (QED) is 0.0222. The second kappa shape index (κ2) is 68.2. The third-order valence-corrected chi connectivity index (χ3v) is 20.6. The van der Waals surface area contributed by atoms with Crippen molar-refractivity contribution in [2.45, 2.75) is 420 Å². The van der Waals surface area contributed by atoms with Crippen molar-refractivity contribution >= 4 is 39.5 Å². The number of carbonyl (C=O) groups is 4. The summed E-state index contributed by atoms with van der Waals surface area (Å²) < 4.78 is 68.6. The Bertz CT molecular complexity index is 1920. The highest BCUT2D eigenvalue weighted by molar-refractivity contribution is 7.47. The molecule has 19 heteroatoms. The van der Waals surface area contributed by atoms with E-state index in [1.54, 1.807) is 0 Å². The van der Waals surface area contributed by atoms with Crippen LogP contribution >= 0.6 is 15.6 Å². The maximum Gasteiger partial charge on any atom is 0.472 e. The lowest BCUT2D eigenvalue weighted by molar-refractivity contribution is -0.161. The second-order valence-corrected chi connectivity index (χ2v) is 33.0. The first kappa shape index (κ1) is 96.1. The Kier molecular flexibility index (Phi) is 66.8. The molecule has 0 spiro atoms. The molecule has 0 aromatic rings. The van der Waals surface area contributed by atoms with Gasteiger partial charge in [-0.15, -0.1) is 0 Å². The molecule has 0 saturated carbocycles. The average molecular weight is 1440 g/mol. The van der Waals surface area contributed by atoms with Crippen molar-refractivity contribution in [3.8, 4) is 0 Å². The molecule has 0 aromatic carbocycles. The van der Waals surface area contributed by atoms with Crippen LogP contribution in [-0.2, 0) is 65.4 Å². The summed E-state index contributed by atoms with van der Waals surface area (Å²) in [5.74, 6) is 0.966. The Morgan fingerprint density at radius 1 is 0.286 bits per heavy atom. The SMILES string of the molecule is CCC(C)CCCCCCCCC(=O)OC[C@H](COP(=O)(O)OC[C@H](O)COP(=O)(O)OC[C@@H](COC(=O)CCCCCCCCCCCCCCCC(C)C)OC(=O)CCCCCCCCCCCCCCCCCCC(C)C)OC(=O)CCCCCCCCCCCCC(C)C. The Morgan fingerprint density at radius 2 is 0.490 bits per heavy atom. The van der Waals surface area contributed by atoms with Crippen LogP contribution in [0.25, 0.3) is 0 Å². The van der Waals surface area contributed by atoms with Crippen molar-refractivity contribution < 1.29 is 80.2 Å². The first-order valence-electron chi connectivity index (χ1n) is 40.7. The number of hydrogen-bond donors (Lipinski definition) is 3. The Hall–Kier alpha value is -1.94. The topological polar surface area (TPSA) is 237 Å². The lowest BCUT2D eigenvalue weighted by Crippen LogP contribution is -2.30. The Labute approximate surface area is 600 Å². The number of phosphoric ester groups is 2. The van der Waals surface area contributed by atoms with E-state index in [1.165, 1.54) is 199 Å². The second-order valence-electron chi connectivity index (χ2n) is 30.1. The van der Waals surface area contributed by atoms with Crippen LogP contribution in [0.15, 0.2) is 0 Å². The molecule has 0 saturated heterocycles. The number of carbonyl (C=O) groups excluding carboxylic acids is 4. The number of hydrogen-bond acceptors (Lipinski definition) is 15. The fraction of sp³-hybridized carbons (Fsp3) is 0.949. The van der Waals surface area contributed by atoms with Gasteiger partial charge in [-0.2, -0.15) is 0 Å². The molecule has 0 aliphatic carbocycles. The van der Waals surface area contributed by atoms with Gasteiger partial charge in [-0.1, -0.05) is 351 Å². The van der Waals surface area contributed by atoms with Crippen molar-refractivity contribution in [2.24, 2.45) is 23.7 Å². The van der Waals surface area contributed by atoms with Gasteiger partial charge in [-0.3, -0.25) is 37.3 Å².